The van der Waals surface area contributed by atoms with Gasteiger partial charge in [0.05, 0.1) is 14.2 Å². The molecule has 1 heterocycles. The number of rotatable bonds is 5. The maximum absolute atomic E-state index is 11.1. The van der Waals surface area contributed by atoms with Crippen molar-refractivity contribution in [1.82, 2.24) is 4.90 Å². The predicted octanol–water partition coefficient (Wildman–Crippen LogP) is 1.37. The molecule has 0 aliphatic carbocycles. The molecule has 8 nitrogen and oxygen atoms in total. The van der Waals surface area contributed by atoms with Crippen molar-refractivity contribution in [3.05, 3.63) is 29.5 Å². The fourth-order valence-corrected chi connectivity index (χ4v) is 1.87. The lowest BCUT2D eigenvalue weighted by molar-refractivity contribution is -0.148. The van der Waals surface area contributed by atoms with Crippen LogP contribution in [0.2, 0.25) is 0 Å². The van der Waals surface area contributed by atoms with Gasteiger partial charge in [-0.2, -0.15) is 0 Å². The number of nitrogens with zero attached hydrogens (tertiary/aromatic N) is 2. The Labute approximate surface area is 132 Å². The first-order valence-electron chi connectivity index (χ1n) is 6.65. The molecule has 1 aliphatic rings. The second-order valence-electron chi connectivity index (χ2n) is 4.54. The van der Waals surface area contributed by atoms with E-state index in [9.17, 15) is 9.59 Å². The fourth-order valence-electron chi connectivity index (χ4n) is 1.87. The summed E-state index contributed by atoms with van der Waals surface area (Å²) in [4.78, 5) is 27.5. The molecule has 0 fully saturated rings. The van der Waals surface area contributed by atoms with Gasteiger partial charge < -0.3 is 19.0 Å². The molecule has 1 aliphatic heterocycles. The van der Waals surface area contributed by atoms with Crippen LogP contribution in [0.5, 0.6) is 11.5 Å². The Morgan fingerprint density at radius 2 is 2.13 bits per heavy atom. The van der Waals surface area contributed by atoms with Gasteiger partial charge in [0, 0.05) is 11.6 Å². The van der Waals surface area contributed by atoms with Gasteiger partial charge in [-0.1, -0.05) is 0 Å². The molecular formula is C15H16N2O6. The van der Waals surface area contributed by atoms with Gasteiger partial charge >= 0.3 is 12.0 Å². The van der Waals surface area contributed by atoms with Crippen LogP contribution < -0.4 is 9.47 Å². The zero-order valence-electron chi connectivity index (χ0n) is 12.9. The van der Waals surface area contributed by atoms with Gasteiger partial charge in [0.25, 0.3) is 0 Å². The first-order chi connectivity index (χ1) is 11.1. The summed E-state index contributed by atoms with van der Waals surface area (Å²) in [6, 6.07) is 5.20. The Kier molecular flexibility index (Phi) is 5.19. The fraction of sp³-hybridized carbons (Fsp3) is 0.267. The smallest absolute Gasteiger partial charge is 0.355 e. The molecule has 0 bridgehead atoms. The van der Waals surface area contributed by atoms with Gasteiger partial charge in [-0.15, -0.1) is 0 Å². The molecule has 0 atom stereocenters. The average Bonchev–Trinajstić information content (AvgIpc) is 2.56. The van der Waals surface area contributed by atoms with Gasteiger partial charge in [-0.05, 0) is 30.3 Å². The first-order valence-corrected chi connectivity index (χ1v) is 6.65. The van der Waals surface area contributed by atoms with Gasteiger partial charge in [0.1, 0.15) is 23.8 Å². The number of hydrogen-bond acceptors (Lipinski definition) is 7. The highest BCUT2D eigenvalue weighted by Crippen LogP contribution is 2.26. The summed E-state index contributed by atoms with van der Waals surface area (Å²) in [5, 5.41) is 3.46. The molecule has 1 amide bonds. The van der Waals surface area contributed by atoms with Crippen molar-refractivity contribution in [3.63, 3.8) is 0 Å². The van der Waals surface area contributed by atoms with Gasteiger partial charge in [0.2, 0.25) is 6.41 Å². The third kappa shape index (κ3) is 4.00. The van der Waals surface area contributed by atoms with E-state index in [0.717, 1.165) is 10.5 Å². The highest BCUT2D eigenvalue weighted by atomic mass is 16.7. The second kappa shape index (κ2) is 7.30. The van der Waals surface area contributed by atoms with Crippen molar-refractivity contribution in [3.8, 4) is 11.5 Å². The number of oxime groups is 1. The van der Waals surface area contributed by atoms with Crippen molar-refractivity contribution in [2.24, 2.45) is 5.16 Å². The lowest BCUT2D eigenvalue weighted by Crippen LogP contribution is -2.40. The summed E-state index contributed by atoms with van der Waals surface area (Å²) in [7, 11) is 3.11. The van der Waals surface area contributed by atoms with Crippen LogP contribution in [0.3, 0.4) is 0 Å². The quantitative estimate of drug-likeness (QED) is 0.462. The number of carbonyl (C=O) groups is 2. The SMILES string of the molecule is COc1ccc(/C=C(\C)OC2=NOC(=O)CN2C=O)c(OC)c1. The van der Waals surface area contributed by atoms with E-state index in [0.29, 0.717) is 23.7 Å². The van der Waals surface area contributed by atoms with E-state index in [1.807, 2.05) is 0 Å². The minimum absolute atomic E-state index is 0.110. The number of amides is 1. The van der Waals surface area contributed by atoms with Crippen LogP contribution in [0.25, 0.3) is 6.08 Å². The Balaban J connectivity index is 2.20. The average molecular weight is 320 g/mol. The molecule has 0 spiro atoms. The van der Waals surface area contributed by atoms with E-state index >= 15 is 0 Å². The van der Waals surface area contributed by atoms with E-state index in [2.05, 4.69) is 9.99 Å². The Morgan fingerprint density at radius 3 is 2.78 bits per heavy atom. The van der Waals surface area contributed by atoms with Crippen molar-refractivity contribution in [2.75, 3.05) is 20.8 Å². The zero-order valence-corrected chi connectivity index (χ0v) is 12.9. The highest BCUT2D eigenvalue weighted by molar-refractivity contribution is 5.92. The molecule has 2 rings (SSSR count). The van der Waals surface area contributed by atoms with Crippen LogP contribution in [-0.4, -0.2) is 44.1 Å². The summed E-state index contributed by atoms with van der Waals surface area (Å²) in [6.07, 6.45) is 2.14. The number of carbonyl (C=O) groups excluding carboxylic acids is 2. The summed E-state index contributed by atoms with van der Waals surface area (Å²) in [6.45, 7) is 1.42. The molecule has 0 saturated heterocycles. The number of hydrogen-bond donors (Lipinski definition) is 0. The molecule has 122 valence electrons. The van der Waals surface area contributed by atoms with Crippen LogP contribution >= 0.6 is 0 Å². The summed E-state index contributed by atoms with van der Waals surface area (Å²) in [5.41, 5.74) is 0.747. The maximum Gasteiger partial charge on any atom is 0.355 e. The molecule has 0 saturated carbocycles. The van der Waals surface area contributed by atoms with E-state index in [4.69, 9.17) is 14.2 Å². The van der Waals surface area contributed by atoms with Crippen LogP contribution in [0, 0.1) is 0 Å². The number of benzene rings is 1. The normalized spacial score (nSPS) is 14.7. The maximum atomic E-state index is 11.1. The minimum Gasteiger partial charge on any atom is -0.497 e. The lowest BCUT2D eigenvalue weighted by atomic mass is 10.1. The molecule has 0 unspecified atom stereocenters. The molecule has 8 heteroatoms. The van der Waals surface area contributed by atoms with Crippen molar-refractivity contribution in [1.29, 1.82) is 0 Å². The minimum atomic E-state index is -0.636. The lowest BCUT2D eigenvalue weighted by Gasteiger charge is -2.20. The Bertz CT molecular complexity index is 668. The number of ether oxygens (including phenoxy) is 3. The third-order valence-corrected chi connectivity index (χ3v) is 2.95. The van der Waals surface area contributed by atoms with Gasteiger partial charge in [-0.3, -0.25) is 9.69 Å². The molecule has 0 aromatic heterocycles. The molecule has 1 aromatic carbocycles. The zero-order chi connectivity index (χ0) is 16.8. The molecule has 0 radical (unpaired) electrons. The summed E-state index contributed by atoms with van der Waals surface area (Å²) >= 11 is 0. The van der Waals surface area contributed by atoms with Crippen LogP contribution in [0.1, 0.15) is 12.5 Å². The Hall–Kier alpha value is -3.03. The summed E-state index contributed by atoms with van der Waals surface area (Å²) < 4.78 is 15.9. The topological polar surface area (TPSA) is 86.7 Å². The molecule has 0 N–H and O–H groups in total. The first kappa shape index (κ1) is 16.3. The van der Waals surface area contributed by atoms with E-state index in [-0.39, 0.29) is 12.6 Å². The van der Waals surface area contributed by atoms with Crippen LogP contribution in [-0.2, 0) is 19.2 Å². The predicted molar refractivity (Wildman–Crippen MR) is 80.6 cm³/mol. The van der Waals surface area contributed by atoms with Crippen LogP contribution in [0.15, 0.2) is 29.1 Å². The van der Waals surface area contributed by atoms with E-state index in [1.165, 1.54) is 0 Å². The second-order valence-corrected chi connectivity index (χ2v) is 4.54. The van der Waals surface area contributed by atoms with E-state index < -0.39 is 5.97 Å². The van der Waals surface area contributed by atoms with E-state index in [1.54, 1.807) is 45.4 Å². The van der Waals surface area contributed by atoms with Crippen molar-refractivity contribution >= 4 is 24.5 Å². The van der Waals surface area contributed by atoms with Gasteiger partial charge in [0.15, 0.2) is 0 Å². The molecule has 23 heavy (non-hydrogen) atoms. The molecular weight excluding hydrogens is 304 g/mol. The van der Waals surface area contributed by atoms with Crippen molar-refractivity contribution < 1.29 is 28.6 Å². The summed E-state index contributed by atoms with van der Waals surface area (Å²) in [5.74, 6) is 1.05. The highest BCUT2D eigenvalue weighted by Gasteiger charge is 2.24. The van der Waals surface area contributed by atoms with Gasteiger partial charge in [-0.25, -0.2) is 4.79 Å². The largest absolute Gasteiger partial charge is 0.497 e. The monoisotopic (exact) mass is 320 g/mol. The Morgan fingerprint density at radius 1 is 1.35 bits per heavy atom. The van der Waals surface area contributed by atoms with Crippen molar-refractivity contribution in [2.45, 2.75) is 6.92 Å². The number of allylic oxidation sites excluding steroid dienone is 1. The standard InChI is InChI=1S/C15H16N2O6/c1-10(22-15-16-23-14(19)8-17(15)9-18)6-11-4-5-12(20-2)7-13(11)21-3/h4-7,9H,8H2,1-3H3/b10-6+. The number of amidine groups is 1. The van der Waals surface area contributed by atoms with Crippen LogP contribution in [0.4, 0.5) is 0 Å². The number of methoxy groups -OCH3 is 2. The molecule has 1 aromatic rings. The third-order valence-electron chi connectivity index (χ3n) is 2.95.